The van der Waals surface area contributed by atoms with Gasteiger partial charge in [-0.2, -0.15) is 0 Å². The number of nitrogens with zero attached hydrogens (tertiary/aromatic N) is 2. The van der Waals surface area contributed by atoms with Crippen molar-refractivity contribution in [3.63, 3.8) is 0 Å². The van der Waals surface area contributed by atoms with Crippen LogP contribution in [-0.2, 0) is 6.54 Å². The minimum atomic E-state index is -0.115. The van der Waals surface area contributed by atoms with E-state index in [9.17, 15) is 4.79 Å². The standard InChI is InChI=1S/C16H21N3O2/c1-3-10-18-15(11-4-5-11)14(17)16(20)19(18)12-6-8-13(21-2)9-7-12/h6-9,11H,3-5,10,17H2,1-2H3. The third-order valence-electron chi connectivity index (χ3n) is 3.93. The summed E-state index contributed by atoms with van der Waals surface area (Å²) < 4.78 is 8.92. The summed E-state index contributed by atoms with van der Waals surface area (Å²) in [6.45, 7) is 2.90. The Balaban J connectivity index is 2.15. The Morgan fingerprint density at radius 2 is 1.95 bits per heavy atom. The van der Waals surface area contributed by atoms with Crippen molar-refractivity contribution in [3.8, 4) is 11.4 Å². The molecule has 1 aliphatic rings. The molecule has 0 atom stereocenters. The first-order valence-corrected chi connectivity index (χ1v) is 7.43. The van der Waals surface area contributed by atoms with E-state index in [4.69, 9.17) is 10.5 Å². The first-order valence-electron chi connectivity index (χ1n) is 7.43. The van der Waals surface area contributed by atoms with Crippen LogP contribution in [0.1, 0.15) is 37.8 Å². The van der Waals surface area contributed by atoms with Crippen molar-refractivity contribution in [1.82, 2.24) is 9.36 Å². The molecule has 1 aromatic heterocycles. The molecule has 0 spiro atoms. The van der Waals surface area contributed by atoms with E-state index in [2.05, 4.69) is 11.6 Å². The zero-order valence-electron chi connectivity index (χ0n) is 12.5. The largest absolute Gasteiger partial charge is 0.497 e. The second-order valence-corrected chi connectivity index (χ2v) is 5.51. The number of hydrogen-bond acceptors (Lipinski definition) is 3. The van der Waals surface area contributed by atoms with Crippen LogP contribution in [-0.4, -0.2) is 16.5 Å². The normalized spacial score (nSPS) is 14.4. The van der Waals surface area contributed by atoms with Gasteiger partial charge in [0, 0.05) is 12.5 Å². The Morgan fingerprint density at radius 3 is 2.48 bits per heavy atom. The number of benzene rings is 1. The van der Waals surface area contributed by atoms with E-state index in [0.29, 0.717) is 11.6 Å². The average molecular weight is 287 g/mol. The van der Waals surface area contributed by atoms with Gasteiger partial charge in [-0.1, -0.05) is 6.92 Å². The molecular weight excluding hydrogens is 266 g/mol. The molecule has 21 heavy (non-hydrogen) atoms. The van der Waals surface area contributed by atoms with Crippen LogP contribution in [0.15, 0.2) is 29.1 Å². The maximum absolute atomic E-state index is 12.6. The average Bonchev–Trinajstić information content (AvgIpc) is 3.29. The zero-order chi connectivity index (χ0) is 15.0. The predicted octanol–water partition coefficient (Wildman–Crippen LogP) is 2.52. The van der Waals surface area contributed by atoms with Crippen molar-refractivity contribution in [1.29, 1.82) is 0 Å². The SMILES string of the molecule is CCCn1c(C2CC2)c(N)c(=O)n1-c1ccc(OC)cc1. The Morgan fingerprint density at radius 1 is 1.29 bits per heavy atom. The number of anilines is 1. The quantitative estimate of drug-likeness (QED) is 0.919. The lowest BCUT2D eigenvalue weighted by Crippen LogP contribution is -2.22. The lowest BCUT2D eigenvalue weighted by atomic mass is 10.2. The van der Waals surface area contributed by atoms with Crippen LogP contribution in [0.25, 0.3) is 5.69 Å². The van der Waals surface area contributed by atoms with E-state index in [0.717, 1.165) is 42.9 Å². The summed E-state index contributed by atoms with van der Waals surface area (Å²) in [4.78, 5) is 12.6. The van der Waals surface area contributed by atoms with Gasteiger partial charge in [0.15, 0.2) is 0 Å². The molecule has 3 rings (SSSR count). The molecule has 0 radical (unpaired) electrons. The lowest BCUT2D eigenvalue weighted by molar-refractivity contribution is 0.414. The monoisotopic (exact) mass is 287 g/mol. The molecule has 1 aromatic carbocycles. The molecule has 1 saturated carbocycles. The number of nitrogen functional groups attached to an aromatic ring is 1. The molecule has 1 aliphatic carbocycles. The number of rotatable bonds is 5. The summed E-state index contributed by atoms with van der Waals surface area (Å²) in [6.07, 6.45) is 3.21. The zero-order valence-corrected chi connectivity index (χ0v) is 12.5. The smallest absolute Gasteiger partial charge is 0.294 e. The van der Waals surface area contributed by atoms with Crippen molar-refractivity contribution in [3.05, 3.63) is 40.3 Å². The van der Waals surface area contributed by atoms with E-state index >= 15 is 0 Å². The van der Waals surface area contributed by atoms with Crippen LogP contribution >= 0.6 is 0 Å². The molecule has 112 valence electrons. The van der Waals surface area contributed by atoms with Gasteiger partial charge in [-0.05, 0) is 43.5 Å². The minimum absolute atomic E-state index is 0.115. The van der Waals surface area contributed by atoms with Gasteiger partial charge in [0.05, 0.1) is 18.5 Å². The fraction of sp³-hybridized carbons (Fsp3) is 0.438. The highest BCUT2D eigenvalue weighted by atomic mass is 16.5. The van der Waals surface area contributed by atoms with Gasteiger partial charge in [-0.3, -0.25) is 9.48 Å². The van der Waals surface area contributed by atoms with Crippen molar-refractivity contribution in [2.24, 2.45) is 0 Å². The molecule has 1 heterocycles. The van der Waals surface area contributed by atoms with Crippen LogP contribution in [0.5, 0.6) is 5.75 Å². The molecule has 0 aliphatic heterocycles. The van der Waals surface area contributed by atoms with Gasteiger partial charge in [-0.25, -0.2) is 4.68 Å². The third-order valence-corrected chi connectivity index (χ3v) is 3.93. The van der Waals surface area contributed by atoms with E-state index < -0.39 is 0 Å². The van der Waals surface area contributed by atoms with Crippen molar-refractivity contribution in [2.45, 2.75) is 38.6 Å². The molecular formula is C16H21N3O2. The highest BCUT2D eigenvalue weighted by molar-refractivity contribution is 5.49. The second-order valence-electron chi connectivity index (χ2n) is 5.51. The molecule has 0 amide bonds. The summed E-state index contributed by atoms with van der Waals surface area (Å²) in [6, 6.07) is 7.50. The first kappa shape index (κ1) is 13.8. The predicted molar refractivity (Wildman–Crippen MR) is 83.3 cm³/mol. The van der Waals surface area contributed by atoms with Crippen LogP contribution in [0.2, 0.25) is 0 Å². The van der Waals surface area contributed by atoms with Crippen LogP contribution < -0.4 is 16.0 Å². The van der Waals surface area contributed by atoms with E-state index in [-0.39, 0.29) is 5.56 Å². The Labute approximate surface area is 123 Å². The van der Waals surface area contributed by atoms with Crippen molar-refractivity contribution < 1.29 is 4.74 Å². The van der Waals surface area contributed by atoms with Crippen molar-refractivity contribution in [2.75, 3.05) is 12.8 Å². The number of ether oxygens (including phenoxy) is 1. The summed E-state index contributed by atoms with van der Waals surface area (Å²) >= 11 is 0. The third kappa shape index (κ3) is 2.33. The van der Waals surface area contributed by atoms with E-state index in [1.54, 1.807) is 11.8 Å². The molecule has 2 aromatic rings. The number of aromatic nitrogens is 2. The highest BCUT2D eigenvalue weighted by Crippen LogP contribution is 2.42. The molecule has 0 unspecified atom stereocenters. The number of methoxy groups -OCH3 is 1. The summed E-state index contributed by atoms with van der Waals surface area (Å²) in [5.41, 5.74) is 8.22. The fourth-order valence-electron chi connectivity index (χ4n) is 2.78. The van der Waals surface area contributed by atoms with Gasteiger partial charge >= 0.3 is 0 Å². The van der Waals surface area contributed by atoms with Gasteiger partial charge < -0.3 is 10.5 Å². The fourth-order valence-corrected chi connectivity index (χ4v) is 2.78. The summed E-state index contributed by atoms with van der Waals surface area (Å²) in [5, 5.41) is 0. The maximum atomic E-state index is 12.6. The second kappa shape index (κ2) is 5.31. The van der Waals surface area contributed by atoms with Crippen molar-refractivity contribution >= 4 is 5.69 Å². The Hall–Kier alpha value is -2.17. The first-order chi connectivity index (χ1) is 10.2. The maximum Gasteiger partial charge on any atom is 0.294 e. The molecule has 0 bridgehead atoms. The Kier molecular flexibility index (Phi) is 3.49. The number of hydrogen-bond donors (Lipinski definition) is 1. The van der Waals surface area contributed by atoms with Gasteiger partial charge in [0.25, 0.3) is 5.56 Å². The molecule has 5 heteroatoms. The molecule has 1 fully saturated rings. The van der Waals surface area contributed by atoms with E-state index in [1.165, 1.54) is 0 Å². The summed E-state index contributed by atoms with van der Waals surface area (Å²) in [7, 11) is 1.63. The number of nitrogens with two attached hydrogens (primary N) is 1. The Bertz CT molecular complexity index is 694. The van der Waals surface area contributed by atoms with Crippen LogP contribution in [0, 0.1) is 0 Å². The van der Waals surface area contributed by atoms with E-state index in [1.807, 2.05) is 24.3 Å². The van der Waals surface area contributed by atoms with Gasteiger partial charge in [0.1, 0.15) is 11.4 Å². The van der Waals surface area contributed by atoms with Crippen LogP contribution in [0.3, 0.4) is 0 Å². The molecule has 5 nitrogen and oxygen atoms in total. The minimum Gasteiger partial charge on any atom is -0.497 e. The molecule has 2 N–H and O–H groups in total. The summed E-state index contributed by atoms with van der Waals surface area (Å²) in [5.74, 6) is 1.22. The van der Waals surface area contributed by atoms with Gasteiger partial charge in [0.2, 0.25) is 0 Å². The topological polar surface area (TPSA) is 62.2 Å². The van der Waals surface area contributed by atoms with Crippen LogP contribution in [0.4, 0.5) is 5.69 Å². The highest BCUT2D eigenvalue weighted by Gasteiger charge is 2.32. The van der Waals surface area contributed by atoms with Gasteiger partial charge in [-0.15, -0.1) is 0 Å². The lowest BCUT2D eigenvalue weighted by Gasteiger charge is -2.14. The molecule has 0 saturated heterocycles.